The van der Waals surface area contributed by atoms with Gasteiger partial charge in [-0.1, -0.05) is 24.8 Å². The third kappa shape index (κ3) is 6.91. The van der Waals surface area contributed by atoms with Gasteiger partial charge in [-0.3, -0.25) is 30.3 Å². The van der Waals surface area contributed by atoms with Crippen LogP contribution in [0.15, 0.2) is 48.6 Å². The first-order valence-corrected chi connectivity index (χ1v) is 10.1. The molecule has 2 aromatic carbocycles. The van der Waals surface area contributed by atoms with Crippen LogP contribution in [0.25, 0.3) is 12.2 Å². The molecule has 0 bridgehead atoms. The number of esters is 1. The number of hydrogen-bond acceptors (Lipinski definition) is 10. The van der Waals surface area contributed by atoms with Crippen LogP contribution < -0.4 is 4.90 Å². The Balaban J connectivity index is 2.31. The van der Waals surface area contributed by atoms with Crippen molar-refractivity contribution in [2.45, 2.75) is 20.1 Å². The molecule has 0 aliphatic carbocycles. The van der Waals surface area contributed by atoms with Crippen LogP contribution in [-0.2, 0) is 9.53 Å². The lowest BCUT2D eigenvalue weighted by molar-refractivity contribution is -0.403. The average molecular weight is 486 g/mol. The highest BCUT2D eigenvalue weighted by Crippen LogP contribution is 2.35. The van der Waals surface area contributed by atoms with Crippen molar-refractivity contribution < 1.29 is 29.4 Å². The summed E-state index contributed by atoms with van der Waals surface area (Å²) in [5.74, 6) is -0.551. The van der Waals surface area contributed by atoms with Crippen molar-refractivity contribution in [1.29, 1.82) is 0 Å². The maximum absolute atomic E-state index is 11.5. The average Bonchev–Trinajstić information content (AvgIpc) is 2.79. The SMILES string of the molecule is C=C(C)C(=O)OCCN(c1ccc(C=Cc2c([N+](=O)[O-])cc([N+](=O)[O-])cc2[N+](=O)[O-])cc1)C(C)O. The van der Waals surface area contributed by atoms with Crippen LogP contribution in [0.3, 0.4) is 0 Å². The number of nitro groups is 3. The van der Waals surface area contributed by atoms with Crippen LogP contribution in [0.1, 0.15) is 25.0 Å². The van der Waals surface area contributed by atoms with E-state index in [1.807, 2.05) is 0 Å². The Bertz CT molecular complexity index is 1150. The molecule has 35 heavy (non-hydrogen) atoms. The summed E-state index contributed by atoms with van der Waals surface area (Å²) in [5.41, 5.74) is -1.37. The molecule has 1 N–H and O–H groups in total. The molecule has 13 heteroatoms. The van der Waals surface area contributed by atoms with E-state index >= 15 is 0 Å². The lowest BCUT2D eigenvalue weighted by Gasteiger charge is -2.27. The number of nitro benzene ring substituents is 3. The van der Waals surface area contributed by atoms with E-state index < -0.39 is 44.0 Å². The molecule has 0 heterocycles. The molecule has 13 nitrogen and oxygen atoms in total. The third-order valence-electron chi connectivity index (χ3n) is 4.76. The number of non-ortho nitro benzene ring substituents is 1. The van der Waals surface area contributed by atoms with Crippen LogP contribution in [0.4, 0.5) is 22.7 Å². The summed E-state index contributed by atoms with van der Waals surface area (Å²) in [6.07, 6.45) is 1.61. The molecule has 1 atom stereocenters. The van der Waals surface area contributed by atoms with Crippen molar-refractivity contribution >= 4 is 40.9 Å². The maximum Gasteiger partial charge on any atom is 0.333 e. The van der Waals surface area contributed by atoms with Crippen molar-refractivity contribution in [3.8, 4) is 0 Å². The van der Waals surface area contributed by atoms with Crippen LogP contribution in [0.2, 0.25) is 0 Å². The number of aliphatic hydroxyl groups excluding tert-OH is 1. The summed E-state index contributed by atoms with van der Waals surface area (Å²) in [5, 5.41) is 43.8. The monoisotopic (exact) mass is 486 g/mol. The molecule has 0 fully saturated rings. The first-order valence-electron chi connectivity index (χ1n) is 10.1. The van der Waals surface area contributed by atoms with Crippen molar-refractivity contribution in [2.24, 2.45) is 0 Å². The Hall–Kier alpha value is -4.65. The van der Waals surface area contributed by atoms with E-state index in [0.717, 1.165) is 6.08 Å². The first-order chi connectivity index (χ1) is 16.4. The number of carbonyl (C=O) groups excluding carboxylic acids is 1. The van der Waals surface area contributed by atoms with E-state index in [9.17, 15) is 40.2 Å². The lowest BCUT2D eigenvalue weighted by Crippen LogP contribution is -2.36. The minimum absolute atomic E-state index is 0.00568. The first kappa shape index (κ1) is 26.6. The molecule has 0 aromatic heterocycles. The van der Waals surface area contributed by atoms with Gasteiger partial charge in [0.1, 0.15) is 18.4 Å². The minimum Gasteiger partial charge on any atom is -0.460 e. The van der Waals surface area contributed by atoms with Crippen molar-refractivity contribution in [3.63, 3.8) is 0 Å². The number of benzene rings is 2. The van der Waals surface area contributed by atoms with Gasteiger partial charge in [0.15, 0.2) is 0 Å². The second kappa shape index (κ2) is 11.5. The summed E-state index contributed by atoms with van der Waals surface area (Å²) >= 11 is 0. The molecule has 184 valence electrons. The Labute approximate surface area is 199 Å². The Morgan fingerprint density at radius 1 is 1.06 bits per heavy atom. The van der Waals surface area contributed by atoms with Gasteiger partial charge >= 0.3 is 5.97 Å². The number of ether oxygens (including phenoxy) is 1. The van der Waals surface area contributed by atoms with Gasteiger partial charge in [-0.05, 0) is 37.6 Å². The summed E-state index contributed by atoms with van der Waals surface area (Å²) in [6, 6.07) is 7.79. The number of anilines is 1. The molecule has 0 radical (unpaired) electrons. The molecule has 0 spiro atoms. The zero-order valence-corrected chi connectivity index (χ0v) is 18.8. The summed E-state index contributed by atoms with van der Waals surface area (Å²) in [7, 11) is 0. The second-order valence-corrected chi connectivity index (χ2v) is 7.34. The molecule has 0 saturated heterocycles. The van der Waals surface area contributed by atoms with Crippen molar-refractivity contribution in [2.75, 3.05) is 18.1 Å². The van der Waals surface area contributed by atoms with Gasteiger partial charge in [-0.25, -0.2) is 4.79 Å². The maximum atomic E-state index is 11.5. The fourth-order valence-electron chi connectivity index (χ4n) is 3.03. The summed E-state index contributed by atoms with van der Waals surface area (Å²) in [6.45, 7) is 6.73. The van der Waals surface area contributed by atoms with Crippen LogP contribution in [0, 0.1) is 30.3 Å². The Morgan fingerprint density at radius 3 is 2.03 bits per heavy atom. The van der Waals surface area contributed by atoms with Gasteiger partial charge in [0.25, 0.3) is 17.1 Å². The van der Waals surface area contributed by atoms with E-state index in [-0.39, 0.29) is 24.3 Å². The topological polar surface area (TPSA) is 179 Å². The molecular formula is C22H22N4O9. The highest BCUT2D eigenvalue weighted by molar-refractivity contribution is 5.87. The quantitative estimate of drug-likeness (QED) is 0.122. The number of rotatable bonds is 11. The van der Waals surface area contributed by atoms with Gasteiger partial charge in [-0.2, -0.15) is 0 Å². The molecular weight excluding hydrogens is 464 g/mol. The van der Waals surface area contributed by atoms with Gasteiger partial charge in [0.2, 0.25) is 0 Å². The number of nitrogens with zero attached hydrogens (tertiary/aromatic N) is 4. The zero-order chi connectivity index (χ0) is 26.3. The highest BCUT2D eigenvalue weighted by atomic mass is 16.6. The fourth-order valence-corrected chi connectivity index (χ4v) is 3.03. The molecule has 1 unspecified atom stereocenters. The predicted octanol–water partition coefficient (Wildman–Crippen LogP) is 3.85. The lowest BCUT2D eigenvalue weighted by atomic mass is 10.1. The van der Waals surface area contributed by atoms with Gasteiger partial charge in [0, 0.05) is 11.3 Å². The standard InChI is InChI=1S/C22H22N4O9/c1-14(2)22(28)35-11-10-23(15(3)27)17-7-4-16(5-8-17)6-9-19-20(25(31)32)12-18(24(29)30)13-21(19)26(33)34/h4-9,12-13,15,27H,1,10-11H2,2-3H3. The number of carbonyl (C=O) groups is 1. The van der Waals surface area contributed by atoms with Crippen molar-refractivity contribution in [3.05, 3.63) is 90.0 Å². The molecule has 0 amide bonds. The van der Waals surface area contributed by atoms with Crippen LogP contribution >= 0.6 is 0 Å². The summed E-state index contributed by atoms with van der Waals surface area (Å²) in [4.78, 5) is 44.1. The molecule has 0 aliphatic heterocycles. The molecule has 2 aromatic rings. The molecule has 2 rings (SSSR count). The van der Waals surface area contributed by atoms with Crippen LogP contribution in [0.5, 0.6) is 0 Å². The van der Waals surface area contributed by atoms with Crippen LogP contribution in [-0.4, -0.2) is 45.2 Å². The molecule has 0 aliphatic rings. The van der Waals surface area contributed by atoms with E-state index in [2.05, 4.69) is 6.58 Å². The minimum atomic E-state index is -0.945. The van der Waals surface area contributed by atoms with E-state index in [0.29, 0.717) is 23.4 Å². The highest BCUT2D eigenvalue weighted by Gasteiger charge is 2.28. The predicted molar refractivity (Wildman–Crippen MR) is 127 cm³/mol. The summed E-state index contributed by atoms with van der Waals surface area (Å²) < 4.78 is 5.05. The van der Waals surface area contributed by atoms with Gasteiger partial charge in [-0.15, -0.1) is 0 Å². The van der Waals surface area contributed by atoms with Crippen molar-refractivity contribution in [1.82, 2.24) is 0 Å². The van der Waals surface area contributed by atoms with Gasteiger partial charge < -0.3 is 14.7 Å². The Morgan fingerprint density at radius 2 is 1.60 bits per heavy atom. The van der Waals surface area contributed by atoms with Gasteiger partial charge in [0.05, 0.1) is 33.4 Å². The number of aliphatic hydroxyl groups is 1. The fraction of sp³-hybridized carbons (Fsp3) is 0.227. The largest absolute Gasteiger partial charge is 0.460 e. The Kier molecular flexibility index (Phi) is 8.72. The molecule has 0 saturated carbocycles. The normalized spacial score (nSPS) is 11.6. The smallest absolute Gasteiger partial charge is 0.333 e. The zero-order valence-electron chi connectivity index (χ0n) is 18.8. The van der Waals surface area contributed by atoms with E-state index in [1.54, 1.807) is 29.2 Å². The second-order valence-electron chi connectivity index (χ2n) is 7.34. The third-order valence-corrected chi connectivity index (χ3v) is 4.76. The van der Waals surface area contributed by atoms with E-state index in [1.165, 1.54) is 19.9 Å². The van der Waals surface area contributed by atoms with E-state index in [4.69, 9.17) is 4.74 Å². The number of hydrogen-bond donors (Lipinski definition) is 1.